The summed E-state index contributed by atoms with van der Waals surface area (Å²) in [5.74, 6) is 1.69. The monoisotopic (exact) mass is 451 g/mol. The summed E-state index contributed by atoms with van der Waals surface area (Å²) in [6.45, 7) is 2.49. The Morgan fingerprint density at radius 2 is 1.78 bits per heavy atom. The fourth-order valence-corrected chi connectivity index (χ4v) is 5.48. The number of fused-ring (bicyclic) bond motifs is 4. The number of hydrogen-bond donors (Lipinski definition) is 1. The highest BCUT2D eigenvalue weighted by Gasteiger charge is 2.50. The molecule has 3 heterocycles. The number of benzene rings is 2. The van der Waals surface area contributed by atoms with Crippen molar-refractivity contribution < 1.29 is 19.0 Å². The molecule has 1 N–H and O–H groups in total. The van der Waals surface area contributed by atoms with Crippen molar-refractivity contribution >= 4 is 34.1 Å². The average Bonchev–Trinajstić information content (AvgIpc) is 3.31. The molecule has 2 atom stereocenters. The van der Waals surface area contributed by atoms with E-state index in [1.807, 2.05) is 31.2 Å². The molecule has 32 heavy (non-hydrogen) atoms. The lowest BCUT2D eigenvalue weighted by Gasteiger charge is -2.37. The van der Waals surface area contributed by atoms with E-state index in [2.05, 4.69) is 22.0 Å². The Morgan fingerprint density at radius 1 is 1.09 bits per heavy atom. The number of nitrogens with zero attached hydrogens (tertiary/aromatic N) is 2. The summed E-state index contributed by atoms with van der Waals surface area (Å²) in [5, 5.41) is 1.68. The van der Waals surface area contributed by atoms with Crippen LogP contribution in [0.25, 0.3) is 10.9 Å². The van der Waals surface area contributed by atoms with Gasteiger partial charge in [-0.15, -0.1) is 0 Å². The molecule has 2 aromatic carbocycles. The molecular weight excluding hydrogens is 426 g/mol. The number of carbonyl (C=O) groups is 1. The summed E-state index contributed by atoms with van der Waals surface area (Å²) in [6, 6.07) is 11.4. The maximum absolute atomic E-state index is 13.3. The minimum absolute atomic E-state index is 0.0471. The van der Waals surface area contributed by atoms with Crippen molar-refractivity contribution in [2.24, 2.45) is 0 Å². The lowest BCUT2D eigenvalue weighted by atomic mass is 9.88. The normalized spacial score (nSPS) is 19.9. The fourth-order valence-electron chi connectivity index (χ4n) is 5.03. The van der Waals surface area contributed by atoms with Crippen LogP contribution >= 0.6 is 12.2 Å². The summed E-state index contributed by atoms with van der Waals surface area (Å²) in [4.78, 5) is 20.6. The van der Waals surface area contributed by atoms with E-state index in [1.165, 1.54) is 0 Å². The van der Waals surface area contributed by atoms with Gasteiger partial charge in [-0.3, -0.25) is 9.69 Å². The number of para-hydroxylation sites is 1. The Morgan fingerprint density at radius 3 is 2.41 bits per heavy atom. The number of ether oxygens (including phenoxy) is 3. The second-order valence-electron chi connectivity index (χ2n) is 7.92. The van der Waals surface area contributed by atoms with E-state index >= 15 is 0 Å². The zero-order valence-corrected chi connectivity index (χ0v) is 19.3. The van der Waals surface area contributed by atoms with Gasteiger partial charge < -0.3 is 24.1 Å². The standard InChI is InChI=1S/C24H25N3O4S/c1-5-26-23(28)17-12-15-14-8-6-7-9-16(14)25-20(15)21(27(17)24(26)32)13-10-18(29-2)22(31-4)19(11-13)30-3/h6-11,17,21,25H,5,12H2,1-4H3/t17-,21-/m1/s1. The molecule has 1 aromatic heterocycles. The van der Waals surface area contributed by atoms with Gasteiger partial charge in [-0.05, 0) is 48.5 Å². The molecule has 8 heteroatoms. The summed E-state index contributed by atoms with van der Waals surface area (Å²) < 4.78 is 16.7. The molecule has 166 valence electrons. The second-order valence-corrected chi connectivity index (χ2v) is 8.28. The van der Waals surface area contributed by atoms with Gasteiger partial charge in [-0.1, -0.05) is 18.2 Å². The molecule has 1 fully saturated rings. The van der Waals surface area contributed by atoms with Gasteiger partial charge in [0.15, 0.2) is 16.6 Å². The predicted octanol–water partition coefficient (Wildman–Crippen LogP) is 3.66. The van der Waals surface area contributed by atoms with Crippen molar-refractivity contribution in [3.05, 3.63) is 53.2 Å². The molecule has 7 nitrogen and oxygen atoms in total. The topological polar surface area (TPSA) is 67.0 Å². The van der Waals surface area contributed by atoms with E-state index in [0.717, 1.165) is 27.7 Å². The van der Waals surface area contributed by atoms with Gasteiger partial charge in [0.25, 0.3) is 5.91 Å². The van der Waals surface area contributed by atoms with E-state index < -0.39 is 0 Å². The Kier molecular flexibility index (Phi) is 4.97. The highest BCUT2D eigenvalue weighted by atomic mass is 32.1. The first-order valence-electron chi connectivity index (χ1n) is 10.6. The highest BCUT2D eigenvalue weighted by Crippen LogP contribution is 2.47. The smallest absolute Gasteiger partial charge is 0.251 e. The van der Waals surface area contributed by atoms with Crippen molar-refractivity contribution in [3.63, 3.8) is 0 Å². The molecule has 1 saturated heterocycles. The highest BCUT2D eigenvalue weighted by molar-refractivity contribution is 7.80. The van der Waals surface area contributed by atoms with Crippen LogP contribution in [0.2, 0.25) is 0 Å². The molecule has 0 radical (unpaired) electrons. The SMILES string of the molecule is CCN1C(=O)[C@H]2Cc3c([nH]c4ccccc34)[C@@H](c3cc(OC)c(OC)c(OC)c3)N2C1=S. The summed E-state index contributed by atoms with van der Waals surface area (Å²) in [6.07, 6.45) is 0.607. The molecule has 0 spiro atoms. The minimum atomic E-state index is -0.349. The molecule has 2 aliphatic rings. The Balaban J connectivity index is 1.77. The van der Waals surface area contributed by atoms with Crippen LogP contribution in [-0.2, 0) is 11.2 Å². The van der Waals surface area contributed by atoms with Crippen molar-refractivity contribution in [2.75, 3.05) is 27.9 Å². The van der Waals surface area contributed by atoms with Crippen LogP contribution in [-0.4, -0.2) is 59.7 Å². The van der Waals surface area contributed by atoms with Crippen LogP contribution in [0.1, 0.15) is 29.8 Å². The zero-order valence-electron chi connectivity index (χ0n) is 18.5. The van der Waals surface area contributed by atoms with E-state index in [9.17, 15) is 4.79 Å². The van der Waals surface area contributed by atoms with Crippen LogP contribution < -0.4 is 14.2 Å². The van der Waals surface area contributed by atoms with Gasteiger partial charge in [0.1, 0.15) is 6.04 Å². The van der Waals surface area contributed by atoms with Crippen molar-refractivity contribution in [1.82, 2.24) is 14.8 Å². The van der Waals surface area contributed by atoms with E-state index in [4.69, 9.17) is 26.4 Å². The quantitative estimate of drug-likeness (QED) is 0.598. The number of rotatable bonds is 5. The number of amides is 1. The van der Waals surface area contributed by atoms with Crippen LogP contribution in [0, 0.1) is 0 Å². The Hall–Kier alpha value is -3.26. The van der Waals surface area contributed by atoms with Gasteiger partial charge in [-0.2, -0.15) is 0 Å². The molecular formula is C24H25N3O4S. The number of carbonyl (C=O) groups excluding carboxylic acids is 1. The van der Waals surface area contributed by atoms with Gasteiger partial charge in [0.05, 0.1) is 27.4 Å². The van der Waals surface area contributed by atoms with Crippen molar-refractivity contribution in [2.45, 2.75) is 25.4 Å². The first-order valence-corrected chi connectivity index (χ1v) is 11.0. The molecule has 0 unspecified atom stereocenters. The first-order chi connectivity index (χ1) is 15.5. The summed E-state index contributed by atoms with van der Waals surface area (Å²) in [5.41, 5.74) is 4.13. The number of nitrogens with one attached hydrogen (secondary N) is 1. The number of thiocarbonyl (C=S) groups is 1. The third kappa shape index (κ3) is 2.79. The van der Waals surface area contributed by atoms with Gasteiger partial charge >= 0.3 is 0 Å². The predicted molar refractivity (Wildman–Crippen MR) is 126 cm³/mol. The van der Waals surface area contributed by atoms with Gasteiger partial charge in [-0.25, -0.2) is 0 Å². The maximum atomic E-state index is 13.3. The average molecular weight is 452 g/mol. The number of hydrogen-bond acceptors (Lipinski definition) is 5. The largest absolute Gasteiger partial charge is 0.493 e. The molecule has 0 aliphatic carbocycles. The van der Waals surface area contributed by atoms with E-state index in [-0.39, 0.29) is 18.0 Å². The Bertz CT molecular complexity index is 1210. The number of aromatic amines is 1. The number of likely N-dealkylation sites (N-methyl/N-ethyl adjacent to an activating group) is 1. The molecule has 5 rings (SSSR count). The zero-order chi connectivity index (χ0) is 22.6. The fraction of sp³-hybridized carbons (Fsp3) is 0.333. The summed E-state index contributed by atoms with van der Waals surface area (Å²) >= 11 is 5.80. The van der Waals surface area contributed by atoms with Crippen LogP contribution in [0.4, 0.5) is 0 Å². The summed E-state index contributed by atoms with van der Waals surface area (Å²) in [7, 11) is 4.78. The molecule has 2 aliphatic heterocycles. The molecule has 1 amide bonds. The lowest BCUT2D eigenvalue weighted by molar-refractivity contribution is -0.128. The Labute approximate surface area is 191 Å². The first kappa shape index (κ1) is 20.6. The third-order valence-electron chi connectivity index (χ3n) is 6.45. The van der Waals surface area contributed by atoms with Crippen LogP contribution in [0.5, 0.6) is 17.2 Å². The van der Waals surface area contributed by atoms with E-state index in [0.29, 0.717) is 35.3 Å². The van der Waals surface area contributed by atoms with Crippen molar-refractivity contribution in [3.8, 4) is 17.2 Å². The number of H-pyrrole nitrogens is 1. The minimum Gasteiger partial charge on any atom is -0.493 e. The lowest BCUT2D eigenvalue weighted by Crippen LogP contribution is -2.44. The molecule has 0 bridgehead atoms. The van der Waals surface area contributed by atoms with Gasteiger partial charge in [0, 0.05) is 29.6 Å². The van der Waals surface area contributed by atoms with Crippen molar-refractivity contribution in [1.29, 1.82) is 0 Å². The van der Waals surface area contributed by atoms with Crippen LogP contribution in [0.15, 0.2) is 36.4 Å². The van der Waals surface area contributed by atoms with Crippen LogP contribution in [0.3, 0.4) is 0 Å². The third-order valence-corrected chi connectivity index (χ3v) is 6.88. The molecule has 0 saturated carbocycles. The van der Waals surface area contributed by atoms with Gasteiger partial charge in [0.2, 0.25) is 5.75 Å². The number of methoxy groups -OCH3 is 3. The van der Waals surface area contributed by atoms with E-state index in [1.54, 1.807) is 26.2 Å². The molecule has 3 aromatic rings. The maximum Gasteiger partial charge on any atom is 0.251 e. The second kappa shape index (κ2) is 7.70. The number of aromatic nitrogens is 1.